The molecule has 2 aliphatic rings. The van der Waals surface area contributed by atoms with Gasteiger partial charge in [-0.15, -0.1) is 0 Å². The third-order valence-electron chi connectivity index (χ3n) is 4.48. The molecule has 18 heavy (non-hydrogen) atoms. The van der Waals surface area contributed by atoms with Crippen LogP contribution in [-0.2, 0) is 4.79 Å². The molecule has 1 heterocycles. The summed E-state index contributed by atoms with van der Waals surface area (Å²) in [5.74, 6) is 0.253. The Balaban J connectivity index is 1.96. The number of carbonyl (C=O) groups is 1. The SMILES string of the molecule is CC1(C(=O)N(CCO)CC2CCCN2)CCCC1. The molecular formula is C14H26N2O2. The topological polar surface area (TPSA) is 52.6 Å². The van der Waals surface area contributed by atoms with Crippen molar-refractivity contribution in [1.82, 2.24) is 10.2 Å². The highest BCUT2D eigenvalue weighted by atomic mass is 16.3. The van der Waals surface area contributed by atoms with Crippen LogP contribution in [0.4, 0.5) is 0 Å². The standard InChI is InChI=1S/C14H26N2O2/c1-14(6-2-3-7-14)13(18)16(9-10-17)11-12-5-4-8-15-12/h12,15,17H,2-11H2,1H3. The smallest absolute Gasteiger partial charge is 0.228 e. The van der Waals surface area contributed by atoms with E-state index in [0.717, 1.165) is 45.2 Å². The minimum atomic E-state index is -0.173. The van der Waals surface area contributed by atoms with Crippen LogP contribution in [-0.4, -0.2) is 48.2 Å². The number of hydrogen-bond acceptors (Lipinski definition) is 3. The fourth-order valence-electron chi connectivity index (χ4n) is 3.33. The molecule has 4 nitrogen and oxygen atoms in total. The first-order valence-electron chi connectivity index (χ1n) is 7.29. The Morgan fingerprint density at radius 2 is 2.11 bits per heavy atom. The molecule has 1 atom stereocenters. The zero-order valence-electron chi connectivity index (χ0n) is 11.5. The maximum absolute atomic E-state index is 12.6. The van der Waals surface area contributed by atoms with Crippen molar-refractivity contribution in [1.29, 1.82) is 0 Å². The van der Waals surface area contributed by atoms with Crippen LogP contribution < -0.4 is 5.32 Å². The molecule has 1 unspecified atom stereocenters. The molecule has 1 amide bonds. The van der Waals surface area contributed by atoms with Gasteiger partial charge in [-0.1, -0.05) is 19.8 Å². The summed E-state index contributed by atoms with van der Waals surface area (Å²) >= 11 is 0. The highest BCUT2D eigenvalue weighted by Gasteiger charge is 2.39. The number of aliphatic hydroxyl groups excluding tert-OH is 1. The van der Waals surface area contributed by atoms with Crippen molar-refractivity contribution in [3.63, 3.8) is 0 Å². The molecule has 0 aromatic heterocycles. The Bertz CT molecular complexity index is 282. The van der Waals surface area contributed by atoms with Crippen LogP contribution in [0.5, 0.6) is 0 Å². The molecule has 1 saturated carbocycles. The lowest BCUT2D eigenvalue weighted by atomic mass is 9.87. The summed E-state index contributed by atoms with van der Waals surface area (Å²) in [6.45, 7) is 4.45. The molecule has 104 valence electrons. The first kappa shape index (κ1) is 13.8. The summed E-state index contributed by atoms with van der Waals surface area (Å²) in [7, 11) is 0. The average Bonchev–Trinajstić information content (AvgIpc) is 3.00. The molecule has 4 heteroatoms. The van der Waals surface area contributed by atoms with Crippen LogP contribution >= 0.6 is 0 Å². The number of carbonyl (C=O) groups excluding carboxylic acids is 1. The van der Waals surface area contributed by atoms with Gasteiger partial charge in [-0.05, 0) is 32.2 Å². The van der Waals surface area contributed by atoms with Gasteiger partial charge in [-0.3, -0.25) is 4.79 Å². The van der Waals surface area contributed by atoms with E-state index in [9.17, 15) is 9.90 Å². The third-order valence-corrected chi connectivity index (χ3v) is 4.48. The molecule has 1 saturated heterocycles. The van der Waals surface area contributed by atoms with Crippen LogP contribution in [0.15, 0.2) is 0 Å². The van der Waals surface area contributed by atoms with Gasteiger partial charge in [0, 0.05) is 24.5 Å². The molecule has 0 aromatic carbocycles. The molecule has 2 fully saturated rings. The van der Waals surface area contributed by atoms with E-state index in [0.29, 0.717) is 12.6 Å². The summed E-state index contributed by atoms with van der Waals surface area (Å²) in [6.07, 6.45) is 6.68. The monoisotopic (exact) mass is 254 g/mol. The zero-order chi connectivity index (χ0) is 13.0. The van der Waals surface area contributed by atoms with Crippen molar-refractivity contribution < 1.29 is 9.90 Å². The Hall–Kier alpha value is -0.610. The van der Waals surface area contributed by atoms with E-state index in [1.54, 1.807) is 0 Å². The lowest BCUT2D eigenvalue weighted by Gasteiger charge is -2.33. The zero-order valence-corrected chi connectivity index (χ0v) is 11.5. The van der Waals surface area contributed by atoms with Crippen LogP contribution in [0.3, 0.4) is 0 Å². The molecular weight excluding hydrogens is 228 g/mol. The molecule has 2 rings (SSSR count). The van der Waals surface area contributed by atoms with Crippen molar-refractivity contribution in [3.05, 3.63) is 0 Å². The van der Waals surface area contributed by atoms with Crippen molar-refractivity contribution in [2.24, 2.45) is 5.41 Å². The second-order valence-corrected chi connectivity index (χ2v) is 6.04. The quantitative estimate of drug-likeness (QED) is 0.773. The van der Waals surface area contributed by atoms with Crippen LogP contribution in [0.25, 0.3) is 0 Å². The number of hydrogen-bond donors (Lipinski definition) is 2. The van der Waals surface area contributed by atoms with E-state index in [1.807, 2.05) is 4.90 Å². The minimum Gasteiger partial charge on any atom is -0.395 e. The number of aliphatic hydroxyl groups is 1. The van der Waals surface area contributed by atoms with Crippen molar-refractivity contribution >= 4 is 5.91 Å². The van der Waals surface area contributed by atoms with Gasteiger partial charge >= 0.3 is 0 Å². The first-order chi connectivity index (χ1) is 8.65. The van der Waals surface area contributed by atoms with Crippen LogP contribution in [0.1, 0.15) is 45.4 Å². The summed E-state index contributed by atoms with van der Waals surface area (Å²) < 4.78 is 0. The fraction of sp³-hybridized carbons (Fsp3) is 0.929. The van der Waals surface area contributed by atoms with E-state index in [-0.39, 0.29) is 17.9 Å². The number of amides is 1. The Morgan fingerprint density at radius 1 is 1.39 bits per heavy atom. The summed E-state index contributed by atoms with van der Waals surface area (Å²) in [4.78, 5) is 14.5. The van der Waals surface area contributed by atoms with E-state index in [1.165, 1.54) is 6.42 Å². The predicted octanol–water partition coefficient (Wildman–Crippen LogP) is 1.14. The maximum Gasteiger partial charge on any atom is 0.228 e. The third kappa shape index (κ3) is 3.04. The van der Waals surface area contributed by atoms with Gasteiger partial charge in [0.25, 0.3) is 0 Å². The van der Waals surface area contributed by atoms with Gasteiger partial charge in [-0.2, -0.15) is 0 Å². The molecule has 0 radical (unpaired) electrons. The lowest BCUT2D eigenvalue weighted by Crippen LogP contribution is -2.47. The first-order valence-corrected chi connectivity index (χ1v) is 7.29. The summed E-state index contributed by atoms with van der Waals surface area (Å²) in [5, 5.41) is 12.6. The second kappa shape index (κ2) is 6.02. The Labute approximate surface area is 110 Å². The van der Waals surface area contributed by atoms with Crippen molar-refractivity contribution in [2.75, 3.05) is 26.2 Å². The lowest BCUT2D eigenvalue weighted by molar-refractivity contribution is -0.141. The van der Waals surface area contributed by atoms with E-state index in [2.05, 4.69) is 12.2 Å². The number of nitrogens with zero attached hydrogens (tertiary/aromatic N) is 1. The van der Waals surface area contributed by atoms with Gasteiger partial charge < -0.3 is 15.3 Å². The van der Waals surface area contributed by atoms with E-state index >= 15 is 0 Å². The van der Waals surface area contributed by atoms with Crippen LogP contribution in [0, 0.1) is 5.41 Å². The van der Waals surface area contributed by atoms with E-state index in [4.69, 9.17) is 0 Å². The summed E-state index contributed by atoms with van der Waals surface area (Å²) in [6, 6.07) is 0.422. The Kier molecular flexibility index (Phi) is 4.62. The number of rotatable bonds is 5. The molecule has 0 spiro atoms. The van der Waals surface area contributed by atoms with Gasteiger partial charge in [-0.25, -0.2) is 0 Å². The Morgan fingerprint density at radius 3 is 2.67 bits per heavy atom. The maximum atomic E-state index is 12.6. The average molecular weight is 254 g/mol. The van der Waals surface area contributed by atoms with Gasteiger partial charge in [0.1, 0.15) is 0 Å². The van der Waals surface area contributed by atoms with Gasteiger partial charge in [0.15, 0.2) is 0 Å². The number of nitrogens with one attached hydrogen (secondary N) is 1. The summed E-state index contributed by atoms with van der Waals surface area (Å²) in [5.41, 5.74) is -0.173. The largest absolute Gasteiger partial charge is 0.395 e. The molecule has 2 N–H and O–H groups in total. The minimum absolute atomic E-state index is 0.0640. The predicted molar refractivity (Wildman–Crippen MR) is 71.3 cm³/mol. The fourth-order valence-corrected chi connectivity index (χ4v) is 3.33. The second-order valence-electron chi connectivity index (χ2n) is 6.04. The highest BCUT2D eigenvalue weighted by Crippen LogP contribution is 2.39. The highest BCUT2D eigenvalue weighted by molar-refractivity contribution is 5.82. The molecule has 0 bridgehead atoms. The van der Waals surface area contributed by atoms with Gasteiger partial charge in [0.2, 0.25) is 5.91 Å². The van der Waals surface area contributed by atoms with Crippen molar-refractivity contribution in [3.8, 4) is 0 Å². The van der Waals surface area contributed by atoms with E-state index < -0.39 is 0 Å². The molecule has 1 aliphatic heterocycles. The van der Waals surface area contributed by atoms with Gasteiger partial charge in [0.05, 0.1) is 6.61 Å². The van der Waals surface area contributed by atoms with Crippen molar-refractivity contribution in [2.45, 2.75) is 51.5 Å². The molecule has 0 aromatic rings. The molecule has 1 aliphatic carbocycles. The normalized spacial score (nSPS) is 26.4. The van der Waals surface area contributed by atoms with Crippen LogP contribution in [0.2, 0.25) is 0 Å².